The van der Waals surface area contributed by atoms with Gasteiger partial charge in [-0.25, -0.2) is 4.58 Å². The quantitative estimate of drug-likeness (QED) is 0.216. The molecule has 0 aromatic carbocycles. The highest BCUT2D eigenvalue weighted by atomic mass is 32.2. The van der Waals surface area contributed by atoms with Gasteiger partial charge in [-0.15, -0.1) is 0 Å². The van der Waals surface area contributed by atoms with Crippen LogP contribution in [0.3, 0.4) is 0 Å². The van der Waals surface area contributed by atoms with Crippen molar-refractivity contribution in [3.63, 3.8) is 0 Å². The molecule has 0 aromatic heterocycles. The van der Waals surface area contributed by atoms with Gasteiger partial charge < -0.3 is 11.1 Å². The molecule has 0 bridgehead atoms. The Balaban J connectivity index is 4.32. The van der Waals surface area contributed by atoms with Gasteiger partial charge in [-0.1, -0.05) is 0 Å². The molecule has 0 aromatic rings. The lowest BCUT2D eigenvalue weighted by Gasteiger charge is -2.02. The third kappa shape index (κ3) is 8.88. The standard InChI is InChI=1S/C12H15N3O4S/c1-8(20-9(2)16)15(3)7-12(19)14-6-10(17)4-5-11(13)18/h6-7H2,1-3H3,(H2-,13,14,18,19)/p+1. The Hall–Kier alpha value is -2.14. The average molecular weight is 298 g/mol. The molecule has 0 aliphatic rings. The first-order valence-corrected chi connectivity index (χ1v) is 6.38. The molecule has 0 spiro atoms. The van der Waals surface area contributed by atoms with Crippen LogP contribution in [0.25, 0.3) is 0 Å². The number of nitrogens with two attached hydrogens (primary N) is 1. The molecule has 0 aliphatic carbocycles. The average Bonchev–Trinajstić information content (AvgIpc) is 2.32. The van der Waals surface area contributed by atoms with E-state index in [1.807, 2.05) is 11.8 Å². The van der Waals surface area contributed by atoms with Crippen LogP contribution in [-0.2, 0) is 19.2 Å². The van der Waals surface area contributed by atoms with Crippen LogP contribution in [0.2, 0.25) is 0 Å². The summed E-state index contributed by atoms with van der Waals surface area (Å²) in [5.74, 6) is 1.96. The van der Waals surface area contributed by atoms with E-state index in [-0.39, 0.29) is 18.2 Å². The van der Waals surface area contributed by atoms with Gasteiger partial charge in [0.05, 0.1) is 6.54 Å². The Morgan fingerprint density at radius 1 is 1.20 bits per heavy atom. The number of hydrogen-bond donors (Lipinski definition) is 2. The number of thioether (sulfide) groups is 1. The predicted molar refractivity (Wildman–Crippen MR) is 75.0 cm³/mol. The maximum atomic E-state index is 11.5. The van der Waals surface area contributed by atoms with E-state index in [2.05, 4.69) is 5.32 Å². The Morgan fingerprint density at radius 3 is 2.30 bits per heavy atom. The number of amides is 2. The number of nitrogens with zero attached hydrogens (tertiary/aromatic N) is 1. The van der Waals surface area contributed by atoms with Crippen molar-refractivity contribution < 1.29 is 23.8 Å². The molecule has 0 rings (SSSR count). The van der Waals surface area contributed by atoms with E-state index in [1.54, 1.807) is 18.5 Å². The molecule has 20 heavy (non-hydrogen) atoms. The van der Waals surface area contributed by atoms with Crippen LogP contribution < -0.4 is 11.1 Å². The molecule has 2 amide bonds. The first kappa shape index (κ1) is 17.9. The Morgan fingerprint density at radius 2 is 1.80 bits per heavy atom. The van der Waals surface area contributed by atoms with E-state index >= 15 is 0 Å². The maximum absolute atomic E-state index is 11.5. The van der Waals surface area contributed by atoms with Gasteiger partial charge in [0.2, 0.25) is 17.4 Å². The van der Waals surface area contributed by atoms with Crippen LogP contribution in [-0.4, -0.2) is 52.5 Å². The van der Waals surface area contributed by atoms with Gasteiger partial charge in [-0.05, 0) is 5.92 Å². The van der Waals surface area contributed by atoms with Crippen molar-refractivity contribution in [2.24, 2.45) is 5.73 Å². The number of likely N-dealkylation sites (N-methyl/N-ethyl adjacent to an activating group) is 1. The molecule has 0 fully saturated rings. The molecule has 0 saturated carbocycles. The summed E-state index contributed by atoms with van der Waals surface area (Å²) in [6, 6.07) is 0. The summed E-state index contributed by atoms with van der Waals surface area (Å²) in [6.45, 7) is 2.84. The Labute approximate surface area is 121 Å². The van der Waals surface area contributed by atoms with Crippen molar-refractivity contribution in [2.45, 2.75) is 13.8 Å². The van der Waals surface area contributed by atoms with Crippen LogP contribution in [0, 0.1) is 11.8 Å². The van der Waals surface area contributed by atoms with Crippen LogP contribution in [0.1, 0.15) is 13.8 Å². The van der Waals surface area contributed by atoms with Gasteiger partial charge in [-0.2, -0.15) is 0 Å². The third-order valence-corrected chi connectivity index (χ3v) is 2.88. The summed E-state index contributed by atoms with van der Waals surface area (Å²) in [6.07, 6.45) is 0. The fraction of sp³-hybridized carbons (Fsp3) is 0.417. The number of carbonyl (C=O) groups is 4. The second-order valence-electron chi connectivity index (χ2n) is 3.78. The van der Waals surface area contributed by atoms with E-state index in [0.29, 0.717) is 5.04 Å². The first-order valence-electron chi connectivity index (χ1n) is 5.56. The summed E-state index contributed by atoms with van der Waals surface area (Å²) in [5.41, 5.74) is 4.74. The van der Waals surface area contributed by atoms with Crippen molar-refractivity contribution in [2.75, 3.05) is 20.1 Å². The van der Waals surface area contributed by atoms with Crippen molar-refractivity contribution in [3.05, 3.63) is 0 Å². The normalized spacial score (nSPS) is 10.8. The highest BCUT2D eigenvalue weighted by Crippen LogP contribution is 2.03. The molecule has 7 nitrogen and oxygen atoms in total. The third-order valence-electron chi connectivity index (χ3n) is 1.98. The molecule has 108 valence electrons. The molecule has 0 heterocycles. The number of primary amides is 1. The first-order chi connectivity index (χ1) is 9.22. The second kappa shape index (κ2) is 8.87. The summed E-state index contributed by atoms with van der Waals surface area (Å²) < 4.78 is 1.58. The van der Waals surface area contributed by atoms with Gasteiger partial charge in [0.1, 0.15) is 7.05 Å². The summed E-state index contributed by atoms with van der Waals surface area (Å²) in [5, 5.41) is 2.95. The zero-order valence-electron chi connectivity index (χ0n) is 11.5. The van der Waals surface area contributed by atoms with Crippen molar-refractivity contribution in [1.82, 2.24) is 5.32 Å². The van der Waals surface area contributed by atoms with Crippen LogP contribution >= 0.6 is 11.8 Å². The van der Waals surface area contributed by atoms with Crippen LogP contribution in [0.5, 0.6) is 0 Å². The van der Waals surface area contributed by atoms with E-state index < -0.39 is 17.6 Å². The van der Waals surface area contributed by atoms with Gasteiger partial charge in [-0.3, -0.25) is 19.2 Å². The number of hydrogen-bond acceptors (Lipinski definition) is 5. The fourth-order valence-corrected chi connectivity index (χ4v) is 1.66. The van der Waals surface area contributed by atoms with Gasteiger partial charge in [0, 0.05) is 31.5 Å². The molecular weight excluding hydrogens is 282 g/mol. The minimum Gasteiger partial charge on any atom is -0.359 e. The lowest BCUT2D eigenvalue weighted by Crippen LogP contribution is -2.35. The zero-order valence-corrected chi connectivity index (χ0v) is 12.3. The summed E-state index contributed by atoms with van der Waals surface area (Å²) in [7, 11) is 1.65. The monoisotopic (exact) mass is 298 g/mol. The fourth-order valence-electron chi connectivity index (χ4n) is 1.02. The molecule has 0 aliphatic heterocycles. The van der Waals surface area contributed by atoms with Crippen molar-refractivity contribution in [3.8, 4) is 11.8 Å². The highest BCUT2D eigenvalue weighted by molar-refractivity contribution is 8.26. The van der Waals surface area contributed by atoms with Gasteiger partial charge in [0.15, 0.2) is 5.12 Å². The van der Waals surface area contributed by atoms with Crippen molar-refractivity contribution >= 4 is 39.5 Å². The van der Waals surface area contributed by atoms with Crippen molar-refractivity contribution in [1.29, 1.82) is 0 Å². The van der Waals surface area contributed by atoms with E-state index in [4.69, 9.17) is 5.73 Å². The van der Waals surface area contributed by atoms with Crippen LogP contribution in [0.4, 0.5) is 0 Å². The van der Waals surface area contributed by atoms with Gasteiger partial charge >= 0.3 is 0 Å². The molecule has 8 heteroatoms. The topological polar surface area (TPSA) is 109 Å². The summed E-state index contributed by atoms with van der Waals surface area (Å²) >= 11 is 1.02. The molecule has 0 radical (unpaired) electrons. The lowest BCUT2D eigenvalue weighted by molar-refractivity contribution is -0.482. The minimum absolute atomic E-state index is 0.00262. The van der Waals surface area contributed by atoms with Gasteiger partial charge in [0.25, 0.3) is 11.8 Å². The van der Waals surface area contributed by atoms with E-state index in [9.17, 15) is 19.2 Å². The smallest absolute Gasteiger partial charge is 0.293 e. The number of ketones is 1. The second-order valence-corrected chi connectivity index (χ2v) is 5.15. The van der Waals surface area contributed by atoms with E-state index in [1.165, 1.54) is 6.92 Å². The number of carbonyl (C=O) groups excluding carboxylic acids is 4. The maximum Gasteiger partial charge on any atom is 0.293 e. The largest absolute Gasteiger partial charge is 0.359 e. The van der Waals surface area contributed by atoms with E-state index in [0.717, 1.165) is 11.8 Å². The SMILES string of the molecule is CC(=O)SC(C)=[N+](C)CC(=O)NCC(=O)C#CC(N)=O. The molecule has 0 atom stereocenters. The molecule has 0 saturated heterocycles. The van der Waals surface area contributed by atoms with Crippen LogP contribution in [0.15, 0.2) is 0 Å². The summed E-state index contributed by atoms with van der Waals surface area (Å²) in [4.78, 5) is 43.9. The zero-order chi connectivity index (χ0) is 15.7. The Bertz CT molecular complexity index is 529. The highest BCUT2D eigenvalue weighted by Gasteiger charge is 2.13. The number of Topliss-reactive ketones (excluding diaryl/α,β-unsaturated/α-hetero) is 1. The number of rotatable bonds is 4. The molecular formula is C12H16N3O4S+. The number of nitrogens with one attached hydrogen (secondary N) is 1. The molecule has 0 unspecified atom stereocenters. The molecule has 3 N–H and O–H groups in total. The lowest BCUT2D eigenvalue weighted by atomic mass is 10.3. The minimum atomic E-state index is -0.907. The predicted octanol–water partition coefficient (Wildman–Crippen LogP) is -1.50. The Kier molecular flexibility index (Phi) is 7.93.